The van der Waals surface area contributed by atoms with Gasteiger partial charge in [-0.2, -0.15) is 0 Å². The van der Waals surface area contributed by atoms with E-state index in [0.717, 1.165) is 0 Å². The number of nitrogens with zero attached hydrogens (tertiary/aromatic N) is 4. The van der Waals surface area contributed by atoms with Gasteiger partial charge in [0.25, 0.3) is 0 Å². The van der Waals surface area contributed by atoms with E-state index in [1.165, 1.54) is 4.68 Å². The molecule has 0 fully saturated rings. The number of alkyl carbamates (subject to hydrolysis) is 1. The van der Waals surface area contributed by atoms with Gasteiger partial charge in [-0.25, -0.2) is 9.48 Å². The van der Waals surface area contributed by atoms with Crippen molar-refractivity contribution in [1.82, 2.24) is 25.5 Å². The molecule has 1 rings (SSSR count). The highest BCUT2D eigenvalue weighted by Crippen LogP contribution is 2.07. The van der Waals surface area contributed by atoms with Crippen LogP contribution in [0.2, 0.25) is 0 Å². The molecule has 0 aromatic carbocycles. The zero-order valence-electron chi connectivity index (χ0n) is 11.1. The molecule has 1 atom stereocenters. The van der Waals surface area contributed by atoms with Crippen LogP contribution in [-0.4, -0.2) is 43.7 Å². The van der Waals surface area contributed by atoms with E-state index in [9.17, 15) is 9.59 Å². The molecule has 0 spiro atoms. The molecule has 1 aromatic rings. The summed E-state index contributed by atoms with van der Waals surface area (Å²) in [7, 11) is 1.55. The largest absolute Gasteiger partial charge is 0.444 e. The Balaban J connectivity index is 2.61. The SMILES string of the molecule is C[C@H](NC(=O)OC(C)(C)C)C(=O)c1nnnn1C. The van der Waals surface area contributed by atoms with E-state index in [4.69, 9.17) is 4.74 Å². The number of tetrazole rings is 1. The van der Waals surface area contributed by atoms with Gasteiger partial charge in [-0.1, -0.05) is 0 Å². The summed E-state index contributed by atoms with van der Waals surface area (Å²) in [6.07, 6.45) is -0.654. The molecule has 18 heavy (non-hydrogen) atoms. The summed E-state index contributed by atoms with van der Waals surface area (Å²) in [4.78, 5) is 23.4. The molecule has 8 heteroatoms. The zero-order valence-corrected chi connectivity index (χ0v) is 11.1. The summed E-state index contributed by atoms with van der Waals surface area (Å²) < 4.78 is 6.29. The lowest BCUT2D eigenvalue weighted by molar-refractivity contribution is 0.0495. The van der Waals surface area contributed by atoms with Crippen LogP contribution in [0.1, 0.15) is 38.3 Å². The van der Waals surface area contributed by atoms with E-state index < -0.39 is 17.7 Å². The highest BCUT2D eigenvalue weighted by Gasteiger charge is 2.24. The number of rotatable bonds is 3. The molecule has 1 amide bonds. The van der Waals surface area contributed by atoms with Crippen LogP contribution in [0.4, 0.5) is 4.79 Å². The number of nitrogens with one attached hydrogen (secondary N) is 1. The van der Waals surface area contributed by atoms with Crippen molar-refractivity contribution < 1.29 is 14.3 Å². The van der Waals surface area contributed by atoms with Gasteiger partial charge in [-0.05, 0) is 38.1 Å². The second-order valence-corrected chi connectivity index (χ2v) is 4.86. The predicted octanol–water partition coefficient (Wildman–Crippen LogP) is 0.306. The zero-order chi connectivity index (χ0) is 13.9. The molecule has 8 nitrogen and oxygen atoms in total. The quantitative estimate of drug-likeness (QED) is 0.780. The van der Waals surface area contributed by atoms with Crippen molar-refractivity contribution in [3.63, 3.8) is 0 Å². The van der Waals surface area contributed by atoms with E-state index in [1.54, 1.807) is 34.7 Å². The monoisotopic (exact) mass is 255 g/mol. The number of aryl methyl sites for hydroxylation is 1. The molecule has 1 aromatic heterocycles. The summed E-state index contributed by atoms with van der Waals surface area (Å²) in [6.45, 7) is 6.77. The first-order valence-electron chi connectivity index (χ1n) is 5.47. The van der Waals surface area contributed by atoms with Crippen molar-refractivity contribution in [3.8, 4) is 0 Å². The fourth-order valence-corrected chi connectivity index (χ4v) is 1.18. The van der Waals surface area contributed by atoms with Gasteiger partial charge < -0.3 is 10.1 Å². The Morgan fingerprint density at radius 1 is 1.39 bits per heavy atom. The Morgan fingerprint density at radius 3 is 2.44 bits per heavy atom. The van der Waals surface area contributed by atoms with Crippen molar-refractivity contribution in [3.05, 3.63) is 5.82 Å². The number of carbonyl (C=O) groups is 2. The number of hydrogen-bond donors (Lipinski definition) is 1. The minimum Gasteiger partial charge on any atom is -0.444 e. The van der Waals surface area contributed by atoms with Gasteiger partial charge in [0, 0.05) is 7.05 Å². The molecule has 0 saturated heterocycles. The Morgan fingerprint density at radius 2 is 2.00 bits per heavy atom. The van der Waals surface area contributed by atoms with Gasteiger partial charge in [0.1, 0.15) is 5.60 Å². The number of aromatic nitrogens is 4. The van der Waals surface area contributed by atoms with Crippen LogP contribution < -0.4 is 5.32 Å². The molecule has 0 bridgehead atoms. The highest BCUT2D eigenvalue weighted by atomic mass is 16.6. The number of ketones is 1. The van der Waals surface area contributed by atoms with E-state index in [0.29, 0.717) is 0 Å². The smallest absolute Gasteiger partial charge is 0.408 e. The first kappa shape index (κ1) is 14.1. The lowest BCUT2D eigenvalue weighted by atomic mass is 10.2. The third-order valence-corrected chi connectivity index (χ3v) is 1.97. The number of amides is 1. The maximum atomic E-state index is 11.9. The minimum atomic E-state index is -0.760. The number of hydrogen-bond acceptors (Lipinski definition) is 6. The van der Waals surface area contributed by atoms with Crippen molar-refractivity contribution in [2.75, 3.05) is 0 Å². The van der Waals surface area contributed by atoms with E-state index >= 15 is 0 Å². The summed E-state index contributed by atoms with van der Waals surface area (Å²) >= 11 is 0. The molecule has 1 heterocycles. The average Bonchev–Trinajstić information content (AvgIpc) is 2.60. The van der Waals surface area contributed by atoms with Crippen molar-refractivity contribution >= 4 is 11.9 Å². The fraction of sp³-hybridized carbons (Fsp3) is 0.700. The van der Waals surface area contributed by atoms with Gasteiger partial charge in [-0.3, -0.25) is 4.79 Å². The van der Waals surface area contributed by atoms with Crippen LogP contribution in [0, 0.1) is 0 Å². The maximum absolute atomic E-state index is 11.9. The van der Waals surface area contributed by atoms with Gasteiger partial charge in [0.05, 0.1) is 6.04 Å². The third-order valence-electron chi connectivity index (χ3n) is 1.97. The van der Waals surface area contributed by atoms with Crippen molar-refractivity contribution in [1.29, 1.82) is 0 Å². The van der Waals surface area contributed by atoms with Crippen LogP contribution in [0.25, 0.3) is 0 Å². The van der Waals surface area contributed by atoms with Crippen LogP contribution >= 0.6 is 0 Å². The minimum absolute atomic E-state index is 0.0820. The predicted molar refractivity (Wildman–Crippen MR) is 62.0 cm³/mol. The molecule has 0 aliphatic rings. The normalized spacial score (nSPS) is 12.9. The molecule has 0 saturated carbocycles. The topological polar surface area (TPSA) is 99.0 Å². The Hall–Kier alpha value is -1.99. The van der Waals surface area contributed by atoms with Gasteiger partial charge in [-0.15, -0.1) is 5.10 Å². The van der Waals surface area contributed by atoms with Gasteiger partial charge >= 0.3 is 6.09 Å². The van der Waals surface area contributed by atoms with Crippen LogP contribution in [0.5, 0.6) is 0 Å². The summed E-state index contributed by atoms with van der Waals surface area (Å²) in [5, 5.41) is 12.9. The van der Waals surface area contributed by atoms with Crippen LogP contribution in [0.15, 0.2) is 0 Å². The molecular weight excluding hydrogens is 238 g/mol. The molecule has 0 unspecified atom stereocenters. The average molecular weight is 255 g/mol. The van der Waals surface area contributed by atoms with E-state index in [1.807, 2.05) is 0 Å². The number of Topliss-reactive ketones (excluding diaryl/α,β-unsaturated/α-hetero) is 1. The molecule has 100 valence electrons. The molecule has 0 aliphatic heterocycles. The van der Waals surface area contributed by atoms with Crippen molar-refractivity contribution in [2.24, 2.45) is 7.05 Å². The first-order valence-corrected chi connectivity index (χ1v) is 5.47. The number of ether oxygens (including phenoxy) is 1. The summed E-state index contributed by atoms with van der Waals surface area (Å²) in [6, 6.07) is -0.760. The molecule has 0 radical (unpaired) electrons. The first-order chi connectivity index (χ1) is 8.20. The molecule has 0 aliphatic carbocycles. The second kappa shape index (κ2) is 5.11. The summed E-state index contributed by atoms with van der Waals surface area (Å²) in [5.74, 6) is -0.299. The lowest BCUT2D eigenvalue weighted by Gasteiger charge is -2.21. The highest BCUT2D eigenvalue weighted by molar-refractivity contribution is 5.98. The summed E-state index contributed by atoms with van der Waals surface area (Å²) in [5.41, 5.74) is -0.612. The van der Waals surface area contributed by atoms with Gasteiger partial charge in [0.15, 0.2) is 0 Å². The molecule has 1 N–H and O–H groups in total. The van der Waals surface area contributed by atoms with Crippen molar-refractivity contribution in [2.45, 2.75) is 39.3 Å². The van der Waals surface area contributed by atoms with Crippen LogP contribution in [-0.2, 0) is 11.8 Å². The Bertz CT molecular complexity index is 449. The Kier molecular flexibility index (Phi) is 4.00. The number of carbonyl (C=O) groups excluding carboxylic acids is 2. The van der Waals surface area contributed by atoms with E-state index in [2.05, 4.69) is 20.8 Å². The fourth-order valence-electron chi connectivity index (χ4n) is 1.18. The van der Waals surface area contributed by atoms with E-state index in [-0.39, 0.29) is 11.6 Å². The standard InChI is InChI=1S/C10H17N5O3/c1-6(11-9(17)18-10(2,3)4)7(16)8-12-13-14-15(8)5/h6H,1-5H3,(H,11,17)/t6-/m0/s1. The maximum Gasteiger partial charge on any atom is 0.408 e. The molecular formula is C10H17N5O3. The van der Waals surface area contributed by atoms with Crippen LogP contribution in [0.3, 0.4) is 0 Å². The Labute approximate surface area is 105 Å². The lowest BCUT2D eigenvalue weighted by Crippen LogP contribution is -2.42. The van der Waals surface area contributed by atoms with Gasteiger partial charge in [0.2, 0.25) is 11.6 Å². The second-order valence-electron chi connectivity index (χ2n) is 4.86. The third kappa shape index (κ3) is 3.79.